The van der Waals surface area contributed by atoms with Crippen molar-refractivity contribution in [3.05, 3.63) is 62.8 Å². The largest absolute Gasteiger partial charge is 0.496 e. The van der Waals surface area contributed by atoms with Gasteiger partial charge in [-0.15, -0.1) is 11.3 Å². The van der Waals surface area contributed by atoms with Crippen molar-refractivity contribution in [2.75, 3.05) is 12.4 Å². The monoisotopic (exact) mass is 446 g/mol. The van der Waals surface area contributed by atoms with E-state index in [9.17, 15) is 4.79 Å². The van der Waals surface area contributed by atoms with Gasteiger partial charge < -0.3 is 10.1 Å². The summed E-state index contributed by atoms with van der Waals surface area (Å²) < 4.78 is 8.03. The third kappa shape index (κ3) is 5.27. The molecule has 140 valence electrons. The first kappa shape index (κ1) is 19.3. The number of aryl methyl sites for hydroxylation is 3. The number of nitrogens with zero attached hydrogens (tertiary/aromatic N) is 3. The van der Waals surface area contributed by atoms with E-state index in [1.165, 1.54) is 11.0 Å². The Morgan fingerprint density at radius 1 is 1.44 bits per heavy atom. The minimum atomic E-state index is -0.227. The van der Waals surface area contributed by atoms with Gasteiger partial charge in [0.05, 0.1) is 30.2 Å². The first-order chi connectivity index (χ1) is 13.0. The molecule has 0 saturated heterocycles. The van der Waals surface area contributed by atoms with Crippen molar-refractivity contribution in [1.82, 2.24) is 14.8 Å². The highest BCUT2D eigenvalue weighted by Crippen LogP contribution is 2.24. The molecule has 0 aliphatic carbocycles. The number of carbonyl (C=O) groups is 1. The fourth-order valence-corrected chi connectivity index (χ4v) is 3.67. The van der Waals surface area contributed by atoms with Crippen molar-refractivity contribution in [2.45, 2.75) is 19.9 Å². The summed E-state index contributed by atoms with van der Waals surface area (Å²) in [4.78, 5) is 17.7. The van der Waals surface area contributed by atoms with Crippen LogP contribution < -0.4 is 10.1 Å². The molecule has 3 aromatic rings. The lowest BCUT2D eigenvalue weighted by Gasteiger charge is -2.05. The number of amides is 1. The van der Waals surface area contributed by atoms with Crippen LogP contribution in [0.25, 0.3) is 6.08 Å². The summed E-state index contributed by atoms with van der Waals surface area (Å²) in [6.45, 7) is 2.75. The molecule has 1 amide bonds. The normalized spacial score (nSPS) is 11.1. The van der Waals surface area contributed by atoms with E-state index in [0.717, 1.165) is 28.7 Å². The molecule has 0 spiro atoms. The number of anilines is 1. The zero-order valence-electron chi connectivity index (χ0n) is 15.0. The van der Waals surface area contributed by atoms with Crippen LogP contribution in [0.15, 0.2) is 46.7 Å². The average molecular weight is 447 g/mol. The molecule has 8 heteroatoms. The van der Waals surface area contributed by atoms with Gasteiger partial charge in [-0.2, -0.15) is 5.10 Å². The van der Waals surface area contributed by atoms with Gasteiger partial charge in [-0.25, -0.2) is 4.98 Å². The van der Waals surface area contributed by atoms with E-state index in [4.69, 9.17) is 4.74 Å². The molecule has 1 aromatic carbocycles. The maximum atomic E-state index is 12.2. The standard InChI is InChI=1S/C19H19BrN4O2S/c1-13-18(27-12-21-13)7-8-24-11-16(10-22-24)23-19(25)6-3-14-9-15(20)4-5-17(14)26-2/h3-6,9-12H,7-8H2,1-2H3,(H,23,25). The number of thiazole rings is 1. The molecule has 0 unspecified atom stereocenters. The number of hydrogen-bond donors (Lipinski definition) is 1. The van der Waals surface area contributed by atoms with E-state index < -0.39 is 0 Å². The van der Waals surface area contributed by atoms with Crippen LogP contribution in [0.2, 0.25) is 0 Å². The van der Waals surface area contributed by atoms with Gasteiger partial charge in [-0.1, -0.05) is 15.9 Å². The van der Waals surface area contributed by atoms with Gasteiger partial charge >= 0.3 is 0 Å². The zero-order valence-corrected chi connectivity index (χ0v) is 17.4. The third-order valence-corrected chi connectivity index (χ3v) is 5.41. The second-order valence-corrected chi connectivity index (χ2v) is 7.67. The molecule has 0 saturated carbocycles. The van der Waals surface area contributed by atoms with E-state index >= 15 is 0 Å². The number of halogens is 1. The lowest BCUT2D eigenvalue weighted by molar-refractivity contribution is -0.111. The van der Waals surface area contributed by atoms with E-state index in [-0.39, 0.29) is 5.91 Å². The van der Waals surface area contributed by atoms with Crippen LogP contribution in [0, 0.1) is 6.92 Å². The second-order valence-electron chi connectivity index (χ2n) is 5.81. The second kappa shape index (κ2) is 8.96. The molecule has 0 radical (unpaired) electrons. The van der Waals surface area contributed by atoms with Crippen molar-refractivity contribution < 1.29 is 9.53 Å². The summed E-state index contributed by atoms with van der Waals surface area (Å²) in [5.41, 5.74) is 4.39. The number of hydrogen-bond acceptors (Lipinski definition) is 5. The van der Waals surface area contributed by atoms with Crippen LogP contribution in [0.3, 0.4) is 0 Å². The van der Waals surface area contributed by atoms with Gasteiger partial charge in [0.2, 0.25) is 5.91 Å². The quantitative estimate of drug-likeness (QED) is 0.548. The molecule has 2 heterocycles. The summed E-state index contributed by atoms with van der Waals surface area (Å²) in [6, 6.07) is 5.62. The Labute approximate surface area is 170 Å². The SMILES string of the molecule is COc1ccc(Br)cc1C=CC(=O)Nc1cnn(CCc2scnc2C)c1. The molecule has 2 aromatic heterocycles. The maximum absolute atomic E-state index is 12.2. The Morgan fingerprint density at radius 2 is 2.30 bits per heavy atom. The molecule has 0 aliphatic rings. The van der Waals surface area contributed by atoms with Crippen molar-refractivity contribution >= 4 is 44.9 Å². The predicted molar refractivity (Wildman–Crippen MR) is 111 cm³/mol. The number of nitrogens with one attached hydrogen (secondary N) is 1. The molecular weight excluding hydrogens is 428 g/mol. The molecule has 6 nitrogen and oxygen atoms in total. The van der Waals surface area contributed by atoms with E-state index in [1.54, 1.807) is 30.7 Å². The van der Waals surface area contributed by atoms with Gasteiger partial charge in [0.15, 0.2) is 0 Å². The van der Waals surface area contributed by atoms with Crippen molar-refractivity contribution in [3.8, 4) is 5.75 Å². The first-order valence-electron chi connectivity index (χ1n) is 8.29. The van der Waals surface area contributed by atoms with E-state index in [1.807, 2.05) is 41.5 Å². The molecule has 0 atom stereocenters. The number of ether oxygens (including phenoxy) is 1. The summed E-state index contributed by atoms with van der Waals surface area (Å²) in [6.07, 6.45) is 7.53. The third-order valence-electron chi connectivity index (χ3n) is 3.92. The van der Waals surface area contributed by atoms with E-state index in [2.05, 4.69) is 31.3 Å². The number of rotatable bonds is 7. The Morgan fingerprint density at radius 3 is 3.04 bits per heavy atom. The van der Waals surface area contributed by atoms with Gasteiger partial charge in [0, 0.05) is 40.2 Å². The fourth-order valence-electron chi connectivity index (χ4n) is 2.52. The molecule has 0 fully saturated rings. The topological polar surface area (TPSA) is 69.0 Å². The zero-order chi connectivity index (χ0) is 19.2. The molecule has 27 heavy (non-hydrogen) atoms. The van der Waals surface area contributed by atoms with Crippen LogP contribution in [0.4, 0.5) is 5.69 Å². The van der Waals surface area contributed by atoms with Crippen molar-refractivity contribution in [2.24, 2.45) is 0 Å². The van der Waals surface area contributed by atoms with Crippen LogP contribution in [0.5, 0.6) is 5.75 Å². The lowest BCUT2D eigenvalue weighted by atomic mass is 10.2. The molecule has 0 bridgehead atoms. The van der Waals surface area contributed by atoms with Crippen LogP contribution in [-0.4, -0.2) is 27.8 Å². The minimum Gasteiger partial charge on any atom is -0.496 e. The van der Waals surface area contributed by atoms with Gasteiger partial charge in [-0.3, -0.25) is 9.48 Å². The highest BCUT2D eigenvalue weighted by atomic mass is 79.9. The van der Waals surface area contributed by atoms with Crippen molar-refractivity contribution in [1.29, 1.82) is 0 Å². The summed E-state index contributed by atoms with van der Waals surface area (Å²) in [5.74, 6) is 0.475. The van der Waals surface area contributed by atoms with Gasteiger partial charge in [0.1, 0.15) is 5.75 Å². The Hall–Kier alpha value is -2.45. The van der Waals surface area contributed by atoms with Gasteiger partial charge in [-0.05, 0) is 31.2 Å². The van der Waals surface area contributed by atoms with Crippen LogP contribution in [0.1, 0.15) is 16.1 Å². The highest BCUT2D eigenvalue weighted by molar-refractivity contribution is 9.10. The molecule has 3 rings (SSSR count). The number of aromatic nitrogens is 3. The number of carbonyl (C=O) groups excluding carboxylic acids is 1. The Bertz CT molecular complexity index is 964. The maximum Gasteiger partial charge on any atom is 0.248 e. The van der Waals surface area contributed by atoms with Crippen molar-refractivity contribution in [3.63, 3.8) is 0 Å². The summed E-state index contributed by atoms with van der Waals surface area (Å²) in [5, 5.41) is 7.11. The van der Waals surface area contributed by atoms with Crippen LogP contribution >= 0.6 is 27.3 Å². The smallest absolute Gasteiger partial charge is 0.248 e. The van der Waals surface area contributed by atoms with E-state index in [0.29, 0.717) is 11.4 Å². The number of methoxy groups -OCH3 is 1. The first-order valence-corrected chi connectivity index (χ1v) is 9.96. The molecule has 1 N–H and O–H groups in total. The Balaban J connectivity index is 1.58. The fraction of sp³-hybridized carbons (Fsp3) is 0.211. The summed E-state index contributed by atoms with van der Waals surface area (Å²) >= 11 is 5.07. The summed E-state index contributed by atoms with van der Waals surface area (Å²) in [7, 11) is 1.60. The Kier molecular flexibility index (Phi) is 6.41. The van der Waals surface area contributed by atoms with Gasteiger partial charge in [0.25, 0.3) is 0 Å². The average Bonchev–Trinajstić information content (AvgIpc) is 3.27. The predicted octanol–water partition coefficient (Wildman–Crippen LogP) is 4.31. The highest BCUT2D eigenvalue weighted by Gasteiger charge is 2.06. The lowest BCUT2D eigenvalue weighted by Crippen LogP contribution is -2.07. The van der Waals surface area contributed by atoms with Crippen LogP contribution in [-0.2, 0) is 17.8 Å². The minimum absolute atomic E-state index is 0.227. The number of benzene rings is 1. The molecular formula is C19H19BrN4O2S. The molecule has 0 aliphatic heterocycles.